The monoisotopic (exact) mass is 467 g/mol. The Kier molecular flexibility index (Phi) is 7.07. The number of hydrogen-bond acceptors (Lipinski definition) is 6. The number of fused-ring (bicyclic) bond motifs is 1. The molecule has 1 amide bonds. The van der Waals surface area contributed by atoms with Crippen LogP contribution in [-0.4, -0.2) is 56.4 Å². The van der Waals surface area contributed by atoms with Crippen molar-refractivity contribution in [1.29, 1.82) is 0 Å². The molecular formula is C28H29N5O2. The lowest BCUT2D eigenvalue weighted by molar-refractivity contribution is -0.132. The maximum Gasteiger partial charge on any atom is 0.237 e. The third-order valence-electron chi connectivity index (χ3n) is 6.24. The molecule has 4 aromatic rings. The Morgan fingerprint density at radius 1 is 0.886 bits per heavy atom. The molecule has 0 unspecified atom stereocenters. The van der Waals surface area contributed by atoms with Crippen molar-refractivity contribution in [3.8, 4) is 0 Å². The minimum atomic E-state index is -0.132. The fourth-order valence-electron chi connectivity index (χ4n) is 4.41. The fraction of sp³-hybridized carbons (Fsp3) is 0.286. The van der Waals surface area contributed by atoms with Crippen molar-refractivity contribution in [2.24, 2.45) is 0 Å². The second kappa shape index (κ2) is 10.7. The van der Waals surface area contributed by atoms with Gasteiger partial charge in [-0.15, -0.1) is 0 Å². The molecule has 35 heavy (non-hydrogen) atoms. The van der Waals surface area contributed by atoms with E-state index in [1.165, 1.54) is 0 Å². The highest BCUT2D eigenvalue weighted by molar-refractivity contribution is 5.78. The number of hydrogen-bond donors (Lipinski definition) is 0. The van der Waals surface area contributed by atoms with E-state index in [0.29, 0.717) is 39.3 Å². The molecule has 1 fully saturated rings. The van der Waals surface area contributed by atoms with Crippen molar-refractivity contribution >= 4 is 16.9 Å². The van der Waals surface area contributed by atoms with Crippen LogP contribution in [0.3, 0.4) is 0 Å². The number of ether oxygens (including phenoxy) is 1. The Hall–Kier alpha value is -3.68. The van der Waals surface area contributed by atoms with E-state index in [2.05, 4.69) is 22.0 Å². The number of carbonyl (C=O) groups excluding carboxylic acids is 1. The van der Waals surface area contributed by atoms with Gasteiger partial charge < -0.3 is 9.64 Å². The zero-order chi connectivity index (χ0) is 24.0. The van der Waals surface area contributed by atoms with Gasteiger partial charge in [0.1, 0.15) is 0 Å². The van der Waals surface area contributed by atoms with E-state index < -0.39 is 0 Å². The molecule has 1 atom stereocenters. The Labute approximate surface area is 205 Å². The zero-order valence-corrected chi connectivity index (χ0v) is 19.9. The van der Waals surface area contributed by atoms with Gasteiger partial charge in [0.2, 0.25) is 5.91 Å². The second-order valence-corrected chi connectivity index (χ2v) is 8.97. The summed E-state index contributed by atoms with van der Waals surface area (Å²) in [6.07, 6.45) is 3.42. The normalized spacial score (nSPS) is 17.0. The highest BCUT2D eigenvalue weighted by Gasteiger charge is 2.29. The minimum absolute atomic E-state index is 0.0751. The summed E-state index contributed by atoms with van der Waals surface area (Å²) in [6.45, 7) is 5.01. The minimum Gasteiger partial charge on any atom is -0.370 e. The summed E-state index contributed by atoms with van der Waals surface area (Å²) in [5.41, 5.74) is 5.64. The quantitative estimate of drug-likeness (QED) is 0.412. The SMILES string of the molecule is Cc1nc2ccccc2nc1CN1CC(=O)N(Cc2cccnc2)C[C@@H](OCc2ccccc2)C1. The maximum atomic E-state index is 13.3. The van der Waals surface area contributed by atoms with E-state index in [4.69, 9.17) is 14.7 Å². The van der Waals surface area contributed by atoms with Crippen LogP contribution in [0.25, 0.3) is 11.0 Å². The van der Waals surface area contributed by atoms with E-state index in [1.807, 2.05) is 72.6 Å². The molecule has 0 radical (unpaired) electrons. The summed E-state index contributed by atoms with van der Waals surface area (Å²) in [5.74, 6) is 0.0751. The molecule has 0 saturated carbocycles. The molecular weight excluding hydrogens is 438 g/mol. The van der Waals surface area contributed by atoms with Crippen LogP contribution in [0, 0.1) is 6.92 Å². The smallest absolute Gasteiger partial charge is 0.237 e. The fourth-order valence-corrected chi connectivity index (χ4v) is 4.41. The molecule has 1 aliphatic rings. The number of nitrogens with zero attached hydrogens (tertiary/aromatic N) is 5. The van der Waals surface area contributed by atoms with Gasteiger partial charge in [-0.3, -0.25) is 14.7 Å². The van der Waals surface area contributed by atoms with Crippen molar-refractivity contribution in [3.05, 3.63) is 102 Å². The first-order chi connectivity index (χ1) is 17.1. The van der Waals surface area contributed by atoms with Crippen molar-refractivity contribution in [3.63, 3.8) is 0 Å². The van der Waals surface area contributed by atoms with E-state index in [-0.39, 0.29) is 12.0 Å². The first kappa shape index (κ1) is 23.1. The lowest BCUT2D eigenvalue weighted by Crippen LogP contribution is -2.37. The van der Waals surface area contributed by atoms with Gasteiger partial charge in [-0.1, -0.05) is 48.5 Å². The molecule has 3 heterocycles. The molecule has 0 aliphatic carbocycles. The van der Waals surface area contributed by atoms with Crippen LogP contribution >= 0.6 is 0 Å². The van der Waals surface area contributed by atoms with E-state index in [9.17, 15) is 4.79 Å². The molecule has 0 N–H and O–H groups in total. The van der Waals surface area contributed by atoms with E-state index in [0.717, 1.165) is 33.5 Å². The Morgan fingerprint density at radius 2 is 1.63 bits per heavy atom. The number of amides is 1. The number of pyridine rings is 1. The Morgan fingerprint density at radius 3 is 2.40 bits per heavy atom. The summed E-state index contributed by atoms with van der Waals surface area (Å²) in [5, 5.41) is 0. The van der Waals surface area contributed by atoms with Crippen LogP contribution in [0.15, 0.2) is 79.1 Å². The molecule has 5 rings (SSSR count). The van der Waals surface area contributed by atoms with Gasteiger partial charge in [-0.25, -0.2) is 9.97 Å². The zero-order valence-electron chi connectivity index (χ0n) is 19.9. The van der Waals surface area contributed by atoms with Gasteiger partial charge in [0.15, 0.2) is 0 Å². The van der Waals surface area contributed by atoms with Crippen molar-refractivity contribution in [2.75, 3.05) is 19.6 Å². The highest BCUT2D eigenvalue weighted by Crippen LogP contribution is 2.18. The second-order valence-electron chi connectivity index (χ2n) is 8.97. The summed E-state index contributed by atoms with van der Waals surface area (Å²) >= 11 is 0. The van der Waals surface area contributed by atoms with Crippen molar-refractivity contribution in [2.45, 2.75) is 32.7 Å². The maximum absolute atomic E-state index is 13.3. The molecule has 7 heteroatoms. The molecule has 2 aromatic carbocycles. The van der Waals surface area contributed by atoms with E-state index >= 15 is 0 Å². The summed E-state index contributed by atoms with van der Waals surface area (Å²) in [4.78, 5) is 31.1. The van der Waals surface area contributed by atoms with E-state index in [1.54, 1.807) is 6.20 Å². The number of aryl methyl sites for hydroxylation is 1. The molecule has 1 saturated heterocycles. The molecule has 0 bridgehead atoms. The number of carbonyl (C=O) groups is 1. The van der Waals surface area contributed by atoms with Gasteiger partial charge in [0.05, 0.1) is 41.7 Å². The van der Waals surface area contributed by atoms with Gasteiger partial charge >= 0.3 is 0 Å². The van der Waals surface area contributed by atoms with Crippen molar-refractivity contribution in [1.82, 2.24) is 24.8 Å². The van der Waals surface area contributed by atoms with Gasteiger partial charge in [-0.05, 0) is 36.2 Å². The molecule has 178 valence electrons. The molecule has 1 aliphatic heterocycles. The molecule has 2 aromatic heterocycles. The van der Waals surface area contributed by atoms with Gasteiger partial charge in [-0.2, -0.15) is 0 Å². The van der Waals surface area contributed by atoms with Crippen LogP contribution in [-0.2, 0) is 29.2 Å². The average Bonchev–Trinajstić information content (AvgIpc) is 3.02. The first-order valence-electron chi connectivity index (χ1n) is 11.9. The van der Waals surface area contributed by atoms with Gasteiger partial charge in [0, 0.05) is 38.6 Å². The summed E-state index contributed by atoms with van der Waals surface area (Å²) in [6, 6.07) is 21.9. The number of rotatable bonds is 7. The lowest BCUT2D eigenvalue weighted by Gasteiger charge is -2.25. The average molecular weight is 468 g/mol. The largest absolute Gasteiger partial charge is 0.370 e. The van der Waals surface area contributed by atoms with Crippen LogP contribution < -0.4 is 0 Å². The molecule has 7 nitrogen and oxygen atoms in total. The highest BCUT2D eigenvalue weighted by atomic mass is 16.5. The first-order valence-corrected chi connectivity index (χ1v) is 11.9. The topological polar surface area (TPSA) is 71.5 Å². The van der Waals surface area contributed by atoms with Crippen LogP contribution in [0.5, 0.6) is 0 Å². The van der Waals surface area contributed by atoms with Crippen molar-refractivity contribution < 1.29 is 9.53 Å². The third kappa shape index (κ3) is 5.88. The predicted molar refractivity (Wildman–Crippen MR) is 134 cm³/mol. The Balaban J connectivity index is 1.36. The Bertz CT molecular complexity index is 1280. The number of aromatic nitrogens is 3. The van der Waals surface area contributed by atoms with Crippen LogP contribution in [0.4, 0.5) is 0 Å². The van der Waals surface area contributed by atoms with Crippen LogP contribution in [0.2, 0.25) is 0 Å². The standard InChI is InChI=1S/C28H29N5O2/c1-21-27(31-26-12-6-5-11-25(26)30-21)18-32-16-24(35-20-22-8-3-2-4-9-22)17-33(28(34)19-32)15-23-10-7-13-29-14-23/h2-14,24H,15-20H2,1H3/t24-/m0/s1. The lowest BCUT2D eigenvalue weighted by atomic mass is 10.2. The number of benzene rings is 2. The molecule has 0 spiro atoms. The van der Waals surface area contributed by atoms with Gasteiger partial charge in [0.25, 0.3) is 0 Å². The predicted octanol–water partition coefficient (Wildman–Crippen LogP) is 3.76. The third-order valence-corrected chi connectivity index (χ3v) is 6.24. The summed E-state index contributed by atoms with van der Waals surface area (Å²) in [7, 11) is 0. The summed E-state index contributed by atoms with van der Waals surface area (Å²) < 4.78 is 6.35. The van der Waals surface area contributed by atoms with Crippen LogP contribution in [0.1, 0.15) is 22.5 Å². The number of para-hydroxylation sites is 2.